The first-order chi connectivity index (χ1) is 44.0. The van der Waals surface area contributed by atoms with E-state index in [0.29, 0.717) is 33.8 Å². The van der Waals surface area contributed by atoms with Crippen LogP contribution in [0.2, 0.25) is 0 Å². The highest BCUT2D eigenvalue weighted by Crippen LogP contribution is 2.47. The average Bonchev–Trinajstić information content (AvgIpc) is 1.60. The van der Waals surface area contributed by atoms with Gasteiger partial charge < -0.3 is 27.1 Å². The Kier molecular flexibility index (Phi) is 10.7. The monoisotopic (exact) mass is 1140 g/mol. The van der Waals surface area contributed by atoms with Crippen molar-refractivity contribution in [2.24, 2.45) is 0 Å². The third-order valence-corrected chi connectivity index (χ3v) is 18.3. The van der Waals surface area contributed by atoms with Crippen LogP contribution in [0.4, 0.5) is 0 Å². The highest BCUT2D eigenvalue weighted by Gasteiger charge is 2.27. The zero-order valence-electron chi connectivity index (χ0n) is 48.0. The molecule has 0 N–H and O–H groups in total. The lowest BCUT2D eigenvalue weighted by Crippen LogP contribution is -2.04. The third kappa shape index (κ3) is 7.14. The first-order valence-electron chi connectivity index (χ1n) is 29.8. The predicted molar refractivity (Wildman–Crippen MR) is 366 cm³/mol. The van der Waals surface area contributed by atoms with Crippen molar-refractivity contribution in [3.05, 3.63) is 278 Å². The Labute approximate surface area is 508 Å². The predicted octanol–water partition coefficient (Wildman–Crippen LogP) is 21.5. The highest BCUT2D eigenvalue weighted by molar-refractivity contribution is 6.25. The zero-order valence-corrected chi connectivity index (χ0v) is 48.0. The zero-order chi connectivity index (χ0) is 59.2. The van der Waals surface area contributed by atoms with Crippen LogP contribution in [0.3, 0.4) is 0 Å². The molecule has 0 saturated heterocycles. The number of allylic oxidation sites excluding steroid dienone is 1. The molecule has 8 heteroatoms. The molecule has 0 amide bonds. The minimum atomic E-state index is 0.389. The summed E-state index contributed by atoms with van der Waals surface area (Å²) < 4.78 is 22.7. The summed E-state index contributed by atoms with van der Waals surface area (Å²) in [5, 5.41) is 34.6. The number of nitriles is 2. The Balaban J connectivity index is 0.858. The van der Waals surface area contributed by atoms with Crippen LogP contribution in [-0.4, -0.2) is 18.3 Å². The van der Waals surface area contributed by atoms with Gasteiger partial charge in [0.2, 0.25) is 0 Å². The highest BCUT2D eigenvalue weighted by atomic mass is 16.3. The minimum absolute atomic E-state index is 0.389. The Bertz CT molecular complexity index is 6220. The molecule has 0 unspecified atom stereocenters. The van der Waals surface area contributed by atoms with Crippen molar-refractivity contribution >= 4 is 132 Å². The number of benzene rings is 12. The van der Waals surface area contributed by atoms with E-state index in [4.69, 9.17) is 8.83 Å². The van der Waals surface area contributed by atoms with Crippen molar-refractivity contribution in [3.8, 4) is 57.1 Å². The Morgan fingerprint density at radius 2 is 0.775 bits per heavy atom. The number of aromatic nitrogens is 4. The second-order valence-electron chi connectivity index (χ2n) is 22.9. The molecule has 0 saturated carbocycles. The number of para-hydroxylation sites is 5. The lowest BCUT2D eigenvalue weighted by molar-refractivity contribution is 0.606. The number of nitrogens with zero attached hydrogens (tertiary/aromatic N) is 6. The van der Waals surface area contributed by atoms with Crippen molar-refractivity contribution in [2.75, 3.05) is 0 Å². The van der Waals surface area contributed by atoms with Gasteiger partial charge in [0.1, 0.15) is 34.6 Å². The first kappa shape index (κ1) is 50.0. The number of rotatable bonds is 8. The van der Waals surface area contributed by atoms with Crippen molar-refractivity contribution in [2.45, 2.75) is 6.92 Å². The van der Waals surface area contributed by atoms with Crippen LogP contribution in [0.1, 0.15) is 29.4 Å². The van der Waals surface area contributed by atoms with Crippen LogP contribution in [0.5, 0.6) is 0 Å². The van der Waals surface area contributed by atoms with Gasteiger partial charge in [-0.1, -0.05) is 146 Å². The standard InChI is InChI=1S/C81H48N6O2/c1-3-17-76-56(4-2)62-34-38-70-78(80(62)88-76)64-40-48(50-28-32-59-57-22-11-14-25-66(57)84(74(59)42-50)54-18-7-5-8-19-54)30-36-68(64)86(70)72-44-53(47-83)73(45-52(72)46-82)87-69-37-31-49(41-65(69)79-71(87)39-35-63-61-24-13-16-27-77(61)89-81(63)79)51-29-33-60-58-23-12-15-26-67(58)85(75(60)43-51)55-20-9-6-10-21-55/h3-45H,2H2,1H3/b17-3-. The fourth-order valence-corrected chi connectivity index (χ4v) is 14.5. The van der Waals surface area contributed by atoms with Gasteiger partial charge in [0, 0.05) is 65.4 Å². The molecule has 8 nitrogen and oxygen atoms in total. The summed E-state index contributed by atoms with van der Waals surface area (Å²) in [6, 6.07) is 90.4. The van der Waals surface area contributed by atoms with Gasteiger partial charge in [-0.05, 0) is 151 Å². The van der Waals surface area contributed by atoms with E-state index in [-0.39, 0.29) is 0 Å². The summed E-state index contributed by atoms with van der Waals surface area (Å²) in [6.07, 6.45) is 5.80. The quantitative estimate of drug-likeness (QED) is 0.151. The SMILES string of the molecule is C=Cc1c(/C=C\C)oc2c1ccc1c2c2cc(-c3ccc4c5ccccc5n(-c5ccccc5)c4c3)ccc2n1-c1cc(C#N)c(-n2c3ccc(-c4ccc5c6ccccc6n(-c6ccccc6)c5c4)cc3c3c4oc5ccccc5c4ccc32)cc1C#N. The number of hydrogen-bond donors (Lipinski definition) is 0. The van der Waals surface area contributed by atoms with Crippen molar-refractivity contribution < 1.29 is 8.83 Å². The van der Waals surface area contributed by atoms with E-state index < -0.39 is 0 Å². The second kappa shape index (κ2) is 19.1. The van der Waals surface area contributed by atoms with E-state index in [9.17, 15) is 10.5 Å². The van der Waals surface area contributed by atoms with E-state index in [1.807, 2.05) is 61.5 Å². The fourth-order valence-electron chi connectivity index (χ4n) is 14.5. The summed E-state index contributed by atoms with van der Waals surface area (Å²) >= 11 is 0. The van der Waals surface area contributed by atoms with Crippen molar-refractivity contribution in [1.29, 1.82) is 10.5 Å². The van der Waals surface area contributed by atoms with Gasteiger partial charge >= 0.3 is 0 Å². The largest absolute Gasteiger partial charge is 0.455 e. The molecule has 0 aliphatic heterocycles. The van der Waals surface area contributed by atoms with Gasteiger partial charge in [0.05, 0.1) is 77.4 Å². The average molecular weight is 1140 g/mol. The summed E-state index contributed by atoms with van der Waals surface area (Å²) in [5.74, 6) is 0.709. The van der Waals surface area contributed by atoms with Crippen molar-refractivity contribution in [3.63, 3.8) is 0 Å². The van der Waals surface area contributed by atoms with E-state index in [1.165, 1.54) is 21.5 Å². The number of fused-ring (bicyclic) bond motifs is 18. The van der Waals surface area contributed by atoms with Crippen LogP contribution in [-0.2, 0) is 0 Å². The number of hydrogen-bond acceptors (Lipinski definition) is 4. The van der Waals surface area contributed by atoms with Crippen LogP contribution in [0, 0.1) is 22.7 Å². The Morgan fingerprint density at radius 3 is 1.29 bits per heavy atom. The van der Waals surface area contributed by atoms with Crippen LogP contribution >= 0.6 is 0 Å². The minimum Gasteiger partial charge on any atom is -0.455 e. The molecule has 0 spiro atoms. The summed E-state index contributed by atoms with van der Waals surface area (Å²) in [6.45, 7) is 6.20. The van der Waals surface area contributed by atoms with Gasteiger partial charge in [0.15, 0.2) is 0 Å². The van der Waals surface area contributed by atoms with Crippen LogP contribution < -0.4 is 0 Å². The fraction of sp³-hybridized carbons (Fsp3) is 0.0123. The third-order valence-electron chi connectivity index (χ3n) is 18.3. The Morgan fingerprint density at radius 1 is 0.360 bits per heavy atom. The van der Waals surface area contributed by atoms with Crippen LogP contribution in [0.15, 0.2) is 264 Å². The van der Waals surface area contributed by atoms with E-state index >= 15 is 0 Å². The van der Waals surface area contributed by atoms with E-state index in [2.05, 4.69) is 243 Å². The Hall–Kier alpha value is -12.4. The maximum atomic E-state index is 11.6. The lowest BCUT2D eigenvalue weighted by atomic mass is 10.0. The molecule has 6 heterocycles. The maximum absolute atomic E-state index is 11.6. The molecule has 0 aliphatic carbocycles. The van der Waals surface area contributed by atoms with Crippen LogP contribution in [0.25, 0.3) is 177 Å². The molecule has 0 radical (unpaired) electrons. The lowest BCUT2D eigenvalue weighted by Gasteiger charge is -2.16. The normalized spacial score (nSPS) is 12.1. The number of furan rings is 2. The molecular formula is C81H48N6O2. The molecule has 6 aromatic heterocycles. The van der Waals surface area contributed by atoms with E-state index in [1.54, 1.807) is 0 Å². The molecule has 0 fully saturated rings. The van der Waals surface area contributed by atoms with Gasteiger partial charge in [-0.25, -0.2) is 0 Å². The molecular weight excluding hydrogens is 1090 g/mol. The van der Waals surface area contributed by atoms with E-state index in [0.717, 1.165) is 132 Å². The summed E-state index contributed by atoms with van der Waals surface area (Å²) in [5.41, 5.74) is 19.3. The van der Waals surface area contributed by atoms with Gasteiger partial charge in [-0.3, -0.25) is 0 Å². The molecule has 0 bridgehead atoms. The molecule has 89 heavy (non-hydrogen) atoms. The molecule has 0 atom stereocenters. The second-order valence-corrected chi connectivity index (χ2v) is 22.9. The topological polar surface area (TPSA) is 93.6 Å². The van der Waals surface area contributed by atoms with Gasteiger partial charge in [-0.2, -0.15) is 10.5 Å². The molecule has 0 aliphatic rings. The summed E-state index contributed by atoms with van der Waals surface area (Å²) in [4.78, 5) is 0. The first-order valence-corrected chi connectivity index (χ1v) is 29.8. The molecule has 12 aromatic carbocycles. The van der Waals surface area contributed by atoms with Crippen molar-refractivity contribution in [1.82, 2.24) is 18.3 Å². The van der Waals surface area contributed by atoms with Gasteiger partial charge in [0.25, 0.3) is 0 Å². The van der Waals surface area contributed by atoms with Gasteiger partial charge in [-0.15, -0.1) is 0 Å². The summed E-state index contributed by atoms with van der Waals surface area (Å²) in [7, 11) is 0. The molecule has 18 rings (SSSR count). The smallest absolute Gasteiger partial charge is 0.145 e. The maximum Gasteiger partial charge on any atom is 0.145 e. The molecule has 414 valence electrons. The molecule has 18 aromatic rings.